The van der Waals surface area contributed by atoms with Gasteiger partial charge in [-0.2, -0.15) is 0 Å². The number of carbonyl (C=O) groups excluding carboxylic acids is 1. The van der Waals surface area contributed by atoms with E-state index < -0.39 is 5.97 Å². The number of hydrogen-bond acceptors (Lipinski definition) is 3. The van der Waals surface area contributed by atoms with E-state index in [4.69, 9.17) is 9.84 Å². The Morgan fingerprint density at radius 2 is 1.46 bits per heavy atom. The predicted molar refractivity (Wildman–Crippen MR) is 91.5 cm³/mol. The van der Waals surface area contributed by atoms with E-state index in [-0.39, 0.29) is 24.9 Å². The first-order valence-corrected chi connectivity index (χ1v) is 8.15. The van der Waals surface area contributed by atoms with Crippen molar-refractivity contribution in [2.24, 2.45) is 0 Å². The molecule has 0 aromatic heterocycles. The Bertz CT molecular complexity index is 637. The first-order chi connectivity index (χ1) is 11.6. The summed E-state index contributed by atoms with van der Waals surface area (Å²) in [4.78, 5) is 22.6. The number of aliphatic carboxylic acids is 1. The van der Waals surface area contributed by atoms with Gasteiger partial charge in [0.05, 0.1) is 0 Å². The summed E-state index contributed by atoms with van der Waals surface area (Å²) in [6, 6.07) is 19.6. The van der Waals surface area contributed by atoms with Gasteiger partial charge in [-0.15, -0.1) is 0 Å². The van der Waals surface area contributed by atoms with Crippen LogP contribution in [-0.4, -0.2) is 17.0 Å². The third-order valence-corrected chi connectivity index (χ3v) is 3.73. The highest BCUT2D eigenvalue weighted by Gasteiger charge is 2.17. The highest BCUT2D eigenvalue weighted by atomic mass is 16.5. The Morgan fingerprint density at radius 1 is 0.875 bits per heavy atom. The minimum Gasteiger partial charge on any atom is -0.481 e. The number of hydrogen-bond donors (Lipinski definition) is 1. The minimum atomic E-state index is -0.838. The maximum atomic E-state index is 12.1. The normalized spacial score (nSPS) is 11.7. The van der Waals surface area contributed by atoms with Gasteiger partial charge < -0.3 is 9.84 Å². The Kier molecular flexibility index (Phi) is 7.02. The zero-order valence-corrected chi connectivity index (χ0v) is 13.6. The van der Waals surface area contributed by atoms with Crippen molar-refractivity contribution >= 4 is 11.9 Å². The van der Waals surface area contributed by atoms with Gasteiger partial charge in [0.1, 0.15) is 6.10 Å². The van der Waals surface area contributed by atoms with Gasteiger partial charge in [-0.1, -0.05) is 60.7 Å². The molecule has 0 aliphatic rings. The monoisotopic (exact) mass is 326 g/mol. The lowest BCUT2D eigenvalue weighted by Gasteiger charge is -2.18. The van der Waals surface area contributed by atoms with Crippen molar-refractivity contribution in [2.45, 2.75) is 38.2 Å². The molecule has 0 bridgehead atoms. The summed E-state index contributed by atoms with van der Waals surface area (Å²) in [5, 5.41) is 8.62. The Morgan fingerprint density at radius 3 is 2.08 bits per heavy atom. The van der Waals surface area contributed by atoms with Gasteiger partial charge in [-0.3, -0.25) is 9.59 Å². The first-order valence-electron chi connectivity index (χ1n) is 8.15. The van der Waals surface area contributed by atoms with Gasteiger partial charge in [0, 0.05) is 19.3 Å². The fourth-order valence-corrected chi connectivity index (χ4v) is 2.49. The molecule has 1 N–H and O–H groups in total. The third kappa shape index (κ3) is 6.24. The SMILES string of the molecule is O=C(O)CCCCC(=O)OC(Cc1ccccc1)c1ccccc1. The average Bonchev–Trinajstić information content (AvgIpc) is 2.60. The molecule has 0 radical (unpaired) electrons. The van der Waals surface area contributed by atoms with Crippen LogP contribution in [0.4, 0.5) is 0 Å². The van der Waals surface area contributed by atoms with Crippen LogP contribution in [0.15, 0.2) is 60.7 Å². The molecule has 0 saturated heterocycles. The highest BCUT2D eigenvalue weighted by Crippen LogP contribution is 2.23. The van der Waals surface area contributed by atoms with Crippen LogP contribution >= 0.6 is 0 Å². The standard InChI is InChI=1S/C20H22O4/c21-19(22)13-7-8-14-20(23)24-18(17-11-5-2-6-12-17)15-16-9-3-1-4-10-16/h1-6,9-12,18H,7-8,13-15H2,(H,21,22). The molecule has 0 aliphatic carbocycles. The zero-order chi connectivity index (χ0) is 17.2. The number of carboxylic acids is 1. The van der Waals surface area contributed by atoms with Crippen molar-refractivity contribution in [1.29, 1.82) is 0 Å². The van der Waals surface area contributed by atoms with E-state index >= 15 is 0 Å². The maximum Gasteiger partial charge on any atom is 0.306 e. The summed E-state index contributed by atoms with van der Waals surface area (Å²) < 4.78 is 5.66. The van der Waals surface area contributed by atoms with Gasteiger partial charge in [-0.25, -0.2) is 0 Å². The number of carbonyl (C=O) groups is 2. The van der Waals surface area contributed by atoms with Gasteiger partial charge in [0.15, 0.2) is 0 Å². The van der Waals surface area contributed by atoms with Crippen LogP contribution in [0.3, 0.4) is 0 Å². The van der Waals surface area contributed by atoms with Crippen LogP contribution in [0.5, 0.6) is 0 Å². The van der Waals surface area contributed by atoms with E-state index in [1.807, 2.05) is 60.7 Å². The van der Waals surface area contributed by atoms with Crippen LogP contribution < -0.4 is 0 Å². The Labute approximate surface area is 142 Å². The number of benzene rings is 2. The largest absolute Gasteiger partial charge is 0.481 e. The molecule has 0 amide bonds. The molecule has 4 nitrogen and oxygen atoms in total. The molecule has 0 aliphatic heterocycles. The summed E-state index contributed by atoms with van der Waals surface area (Å²) in [6.07, 6.45) is 1.62. The summed E-state index contributed by atoms with van der Waals surface area (Å²) in [5.41, 5.74) is 2.06. The highest BCUT2D eigenvalue weighted by molar-refractivity contribution is 5.70. The topological polar surface area (TPSA) is 63.6 Å². The molecule has 1 atom stereocenters. The molecule has 2 rings (SSSR count). The molecule has 0 heterocycles. The fraction of sp³-hybridized carbons (Fsp3) is 0.300. The van der Waals surface area contributed by atoms with Crippen molar-refractivity contribution in [2.75, 3.05) is 0 Å². The second-order valence-corrected chi connectivity index (χ2v) is 5.68. The van der Waals surface area contributed by atoms with Crippen LogP contribution in [0.1, 0.15) is 42.9 Å². The lowest BCUT2D eigenvalue weighted by atomic mass is 10.0. The van der Waals surface area contributed by atoms with Crippen molar-refractivity contribution in [3.05, 3.63) is 71.8 Å². The summed E-state index contributed by atoms with van der Waals surface area (Å²) in [5.74, 6) is -1.13. The van der Waals surface area contributed by atoms with E-state index in [0.29, 0.717) is 19.3 Å². The van der Waals surface area contributed by atoms with Crippen molar-refractivity contribution in [3.8, 4) is 0 Å². The van der Waals surface area contributed by atoms with Crippen LogP contribution in [-0.2, 0) is 20.7 Å². The van der Waals surface area contributed by atoms with Crippen LogP contribution in [0.2, 0.25) is 0 Å². The number of rotatable bonds is 9. The van der Waals surface area contributed by atoms with Gasteiger partial charge in [0.2, 0.25) is 0 Å². The van der Waals surface area contributed by atoms with E-state index in [1.54, 1.807) is 0 Å². The van der Waals surface area contributed by atoms with Gasteiger partial charge in [0.25, 0.3) is 0 Å². The predicted octanol–water partition coefficient (Wildman–Crippen LogP) is 4.16. The molecule has 1 unspecified atom stereocenters. The Balaban J connectivity index is 1.96. The van der Waals surface area contributed by atoms with E-state index in [1.165, 1.54) is 0 Å². The number of carboxylic acid groups (broad SMARTS) is 1. The average molecular weight is 326 g/mol. The molecule has 2 aromatic rings. The summed E-state index contributed by atoms with van der Waals surface area (Å²) in [6.45, 7) is 0. The molecular formula is C20H22O4. The molecule has 0 saturated carbocycles. The lowest BCUT2D eigenvalue weighted by molar-refractivity contribution is -0.150. The van der Waals surface area contributed by atoms with Gasteiger partial charge in [-0.05, 0) is 24.0 Å². The summed E-state index contributed by atoms with van der Waals surface area (Å²) in [7, 11) is 0. The van der Waals surface area contributed by atoms with Crippen molar-refractivity contribution < 1.29 is 19.4 Å². The second-order valence-electron chi connectivity index (χ2n) is 5.68. The zero-order valence-electron chi connectivity index (χ0n) is 13.6. The molecular weight excluding hydrogens is 304 g/mol. The first kappa shape index (κ1) is 17.7. The van der Waals surface area contributed by atoms with Crippen molar-refractivity contribution in [3.63, 3.8) is 0 Å². The lowest BCUT2D eigenvalue weighted by Crippen LogP contribution is -2.14. The molecule has 4 heteroatoms. The molecule has 126 valence electrons. The van der Waals surface area contributed by atoms with E-state index in [2.05, 4.69) is 0 Å². The van der Waals surface area contributed by atoms with E-state index in [0.717, 1.165) is 11.1 Å². The molecule has 0 spiro atoms. The number of unbranched alkanes of at least 4 members (excludes halogenated alkanes) is 1. The quantitative estimate of drug-likeness (QED) is 0.555. The summed E-state index contributed by atoms with van der Waals surface area (Å²) >= 11 is 0. The van der Waals surface area contributed by atoms with Crippen LogP contribution in [0.25, 0.3) is 0 Å². The fourth-order valence-electron chi connectivity index (χ4n) is 2.49. The molecule has 24 heavy (non-hydrogen) atoms. The smallest absolute Gasteiger partial charge is 0.306 e. The maximum absolute atomic E-state index is 12.1. The van der Waals surface area contributed by atoms with Crippen LogP contribution in [0, 0.1) is 0 Å². The molecule has 0 fully saturated rings. The third-order valence-electron chi connectivity index (χ3n) is 3.73. The van der Waals surface area contributed by atoms with E-state index in [9.17, 15) is 9.59 Å². The van der Waals surface area contributed by atoms with Crippen molar-refractivity contribution in [1.82, 2.24) is 0 Å². The van der Waals surface area contributed by atoms with Gasteiger partial charge >= 0.3 is 11.9 Å². The Hall–Kier alpha value is -2.62. The number of ether oxygens (including phenoxy) is 1. The number of esters is 1. The molecule has 2 aromatic carbocycles. The second kappa shape index (κ2) is 9.50. The minimum absolute atomic E-state index is 0.0827.